The summed E-state index contributed by atoms with van der Waals surface area (Å²) in [6, 6.07) is 6.85. The van der Waals surface area contributed by atoms with Gasteiger partial charge in [0.1, 0.15) is 0 Å². The first-order chi connectivity index (χ1) is 6.29. The number of benzene rings is 1. The topological polar surface area (TPSA) is 47.3 Å². The number of rotatable bonds is 2. The van der Waals surface area contributed by atoms with Gasteiger partial charge in [0.05, 0.1) is 6.61 Å². The van der Waals surface area contributed by atoms with Crippen LogP contribution in [0.4, 0.5) is 5.69 Å². The summed E-state index contributed by atoms with van der Waals surface area (Å²) in [5.41, 5.74) is 3.72. The Morgan fingerprint density at radius 3 is 3.23 bits per heavy atom. The molecular weight excluding hydrogens is 164 g/mol. The molecule has 1 heterocycles. The maximum absolute atomic E-state index is 5.01. The standard InChI is InChI=1S/C10H14N2O/c1-7-4-9-3-2-8(6-13-11)5-10(9)12-7/h2-3,5,7,12H,4,6,11H2,1H3. The average molecular weight is 178 g/mol. The van der Waals surface area contributed by atoms with Crippen LogP contribution in [0.1, 0.15) is 18.1 Å². The summed E-state index contributed by atoms with van der Waals surface area (Å²) in [6.07, 6.45) is 1.11. The van der Waals surface area contributed by atoms with Crippen LogP contribution in [0.2, 0.25) is 0 Å². The Kier molecular flexibility index (Phi) is 2.20. The minimum Gasteiger partial charge on any atom is -0.382 e. The molecular formula is C10H14N2O. The minimum atomic E-state index is 0.476. The van der Waals surface area contributed by atoms with Crippen LogP contribution in [0.3, 0.4) is 0 Å². The van der Waals surface area contributed by atoms with E-state index in [1.807, 2.05) is 0 Å². The normalized spacial score (nSPS) is 19.7. The van der Waals surface area contributed by atoms with Gasteiger partial charge in [0.2, 0.25) is 0 Å². The van der Waals surface area contributed by atoms with Crippen LogP contribution in [0.5, 0.6) is 0 Å². The van der Waals surface area contributed by atoms with Crippen molar-refractivity contribution in [1.82, 2.24) is 0 Å². The zero-order valence-corrected chi connectivity index (χ0v) is 7.71. The Morgan fingerprint density at radius 1 is 1.62 bits per heavy atom. The van der Waals surface area contributed by atoms with Crippen molar-refractivity contribution in [2.45, 2.75) is 26.0 Å². The van der Waals surface area contributed by atoms with Crippen molar-refractivity contribution in [2.75, 3.05) is 5.32 Å². The van der Waals surface area contributed by atoms with Crippen molar-refractivity contribution < 1.29 is 4.84 Å². The molecule has 1 aromatic carbocycles. The van der Waals surface area contributed by atoms with E-state index in [2.05, 4.69) is 35.3 Å². The molecule has 0 saturated heterocycles. The summed E-state index contributed by atoms with van der Waals surface area (Å²) in [5.74, 6) is 5.01. The first-order valence-corrected chi connectivity index (χ1v) is 4.49. The molecule has 0 bridgehead atoms. The van der Waals surface area contributed by atoms with Gasteiger partial charge in [-0.15, -0.1) is 0 Å². The number of nitrogens with two attached hydrogens (primary N) is 1. The van der Waals surface area contributed by atoms with E-state index < -0.39 is 0 Å². The molecule has 1 aliphatic heterocycles. The van der Waals surface area contributed by atoms with Gasteiger partial charge < -0.3 is 5.32 Å². The smallest absolute Gasteiger partial charge is 0.0930 e. The zero-order valence-electron chi connectivity index (χ0n) is 7.71. The molecule has 70 valence electrons. The van der Waals surface area contributed by atoms with Crippen LogP contribution in [0, 0.1) is 0 Å². The largest absolute Gasteiger partial charge is 0.382 e. The highest BCUT2D eigenvalue weighted by atomic mass is 16.6. The summed E-state index contributed by atoms with van der Waals surface area (Å²) in [4.78, 5) is 4.59. The second kappa shape index (κ2) is 3.36. The lowest BCUT2D eigenvalue weighted by atomic mass is 10.1. The Balaban J connectivity index is 2.24. The number of anilines is 1. The molecule has 0 aromatic heterocycles. The second-order valence-corrected chi connectivity index (χ2v) is 3.55. The Hall–Kier alpha value is -1.06. The van der Waals surface area contributed by atoms with Crippen molar-refractivity contribution in [2.24, 2.45) is 5.90 Å². The van der Waals surface area contributed by atoms with Crippen molar-refractivity contribution in [3.63, 3.8) is 0 Å². The number of hydrogen-bond acceptors (Lipinski definition) is 3. The van der Waals surface area contributed by atoms with Gasteiger partial charge in [-0.2, -0.15) is 0 Å². The molecule has 1 atom stereocenters. The van der Waals surface area contributed by atoms with E-state index in [9.17, 15) is 0 Å². The van der Waals surface area contributed by atoms with E-state index in [4.69, 9.17) is 5.90 Å². The molecule has 1 aromatic rings. The van der Waals surface area contributed by atoms with E-state index >= 15 is 0 Å². The molecule has 2 rings (SSSR count). The Morgan fingerprint density at radius 2 is 2.46 bits per heavy atom. The number of hydrogen-bond donors (Lipinski definition) is 2. The SMILES string of the molecule is CC1Cc2ccc(CON)cc2N1. The highest BCUT2D eigenvalue weighted by Gasteiger charge is 2.16. The van der Waals surface area contributed by atoms with Crippen molar-refractivity contribution in [1.29, 1.82) is 0 Å². The molecule has 0 amide bonds. The molecule has 0 radical (unpaired) electrons. The fraction of sp³-hybridized carbons (Fsp3) is 0.400. The van der Waals surface area contributed by atoms with Gasteiger partial charge in [-0.1, -0.05) is 12.1 Å². The van der Waals surface area contributed by atoms with Gasteiger partial charge in [-0.3, -0.25) is 4.84 Å². The van der Waals surface area contributed by atoms with Gasteiger partial charge in [0.25, 0.3) is 0 Å². The summed E-state index contributed by atoms with van der Waals surface area (Å²) in [6.45, 7) is 2.66. The van der Waals surface area contributed by atoms with Crippen molar-refractivity contribution in [3.8, 4) is 0 Å². The first kappa shape index (κ1) is 8.53. The molecule has 3 heteroatoms. The molecule has 0 fully saturated rings. The van der Waals surface area contributed by atoms with Crippen LogP contribution in [-0.4, -0.2) is 6.04 Å². The van der Waals surface area contributed by atoms with Crippen LogP contribution in [-0.2, 0) is 17.9 Å². The predicted molar refractivity (Wildman–Crippen MR) is 52.2 cm³/mol. The third kappa shape index (κ3) is 1.66. The molecule has 0 saturated carbocycles. The van der Waals surface area contributed by atoms with Gasteiger partial charge >= 0.3 is 0 Å². The third-order valence-electron chi connectivity index (χ3n) is 2.35. The van der Waals surface area contributed by atoms with Crippen LogP contribution in [0.15, 0.2) is 18.2 Å². The summed E-state index contributed by atoms with van der Waals surface area (Å²) in [7, 11) is 0. The maximum Gasteiger partial charge on any atom is 0.0930 e. The zero-order chi connectivity index (χ0) is 9.26. The van der Waals surface area contributed by atoms with Gasteiger partial charge in [-0.25, -0.2) is 5.90 Å². The summed E-state index contributed by atoms with van der Waals surface area (Å²) >= 11 is 0. The molecule has 0 spiro atoms. The molecule has 0 aliphatic carbocycles. The van der Waals surface area contributed by atoms with E-state index in [0.29, 0.717) is 12.6 Å². The monoisotopic (exact) mass is 178 g/mol. The quantitative estimate of drug-likeness (QED) is 0.673. The summed E-state index contributed by atoms with van der Waals surface area (Å²) < 4.78 is 0. The van der Waals surface area contributed by atoms with E-state index in [-0.39, 0.29) is 0 Å². The van der Waals surface area contributed by atoms with Gasteiger partial charge in [0, 0.05) is 11.7 Å². The molecule has 3 nitrogen and oxygen atoms in total. The Bertz CT molecular complexity index is 312. The fourth-order valence-electron chi connectivity index (χ4n) is 1.77. The molecule has 13 heavy (non-hydrogen) atoms. The molecule has 1 aliphatic rings. The summed E-state index contributed by atoms with van der Waals surface area (Å²) in [5, 5.41) is 3.40. The van der Waals surface area contributed by atoms with E-state index in [0.717, 1.165) is 12.0 Å². The lowest BCUT2D eigenvalue weighted by molar-refractivity contribution is 0.124. The van der Waals surface area contributed by atoms with Crippen LogP contribution in [0.25, 0.3) is 0 Å². The highest BCUT2D eigenvalue weighted by Crippen LogP contribution is 2.26. The molecule has 1 unspecified atom stereocenters. The third-order valence-corrected chi connectivity index (χ3v) is 2.35. The Labute approximate surface area is 77.8 Å². The predicted octanol–water partition coefficient (Wildman–Crippen LogP) is 1.43. The lowest BCUT2D eigenvalue weighted by Crippen LogP contribution is -2.08. The average Bonchev–Trinajstić information content (AvgIpc) is 2.44. The number of fused-ring (bicyclic) bond motifs is 1. The van der Waals surface area contributed by atoms with E-state index in [1.54, 1.807) is 0 Å². The highest BCUT2D eigenvalue weighted by molar-refractivity contribution is 5.58. The van der Waals surface area contributed by atoms with Crippen molar-refractivity contribution in [3.05, 3.63) is 29.3 Å². The second-order valence-electron chi connectivity index (χ2n) is 3.55. The molecule has 3 N–H and O–H groups in total. The van der Waals surface area contributed by atoms with Crippen LogP contribution < -0.4 is 11.2 Å². The maximum atomic E-state index is 5.01. The van der Waals surface area contributed by atoms with Crippen LogP contribution >= 0.6 is 0 Å². The van der Waals surface area contributed by atoms with Gasteiger partial charge in [0.15, 0.2) is 0 Å². The fourth-order valence-corrected chi connectivity index (χ4v) is 1.77. The first-order valence-electron chi connectivity index (χ1n) is 4.49. The van der Waals surface area contributed by atoms with E-state index in [1.165, 1.54) is 11.3 Å². The number of nitrogens with one attached hydrogen (secondary N) is 1. The van der Waals surface area contributed by atoms with Gasteiger partial charge in [-0.05, 0) is 30.5 Å². The van der Waals surface area contributed by atoms with Crippen molar-refractivity contribution >= 4 is 5.69 Å². The lowest BCUT2D eigenvalue weighted by Gasteiger charge is -2.04. The minimum absolute atomic E-state index is 0.476.